The third-order valence-corrected chi connectivity index (χ3v) is 3.37. The number of fused-ring (bicyclic) bond motifs is 1. The van der Waals surface area contributed by atoms with Crippen LogP contribution in [-0.2, 0) is 0 Å². The molecule has 23 heavy (non-hydrogen) atoms. The molecule has 0 unspecified atom stereocenters. The Morgan fingerprint density at radius 3 is 2.65 bits per heavy atom. The molecular formula is C13H17F3IN3O2S. The van der Waals surface area contributed by atoms with Gasteiger partial charge in [-0.15, -0.1) is 24.0 Å². The molecule has 0 atom stereocenters. The number of thioether (sulfide) groups is 1. The number of nitrogens with one attached hydrogen (secondary N) is 1. The number of benzene rings is 1. The molecule has 1 heterocycles. The fourth-order valence-corrected chi connectivity index (χ4v) is 2.17. The van der Waals surface area contributed by atoms with Crippen molar-refractivity contribution >= 4 is 47.4 Å². The van der Waals surface area contributed by atoms with Crippen molar-refractivity contribution in [2.24, 2.45) is 10.7 Å². The van der Waals surface area contributed by atoms with Crippen LogP contribution >= 0.6 is 35.7 Å². The van der Waals surface area contributed by atoms with Crippen LogP contribution in [-0.4, -0.2) is 37.0 Å². The minimum atomic E-state index is -4.24. The summed E-state index contributed by atoms with van der Waals surface area (Å²) in [4.78, 5) is 3.84. The van der Waals surface area contributed by atoms with Gasteiger partial charge in [0.2, 0.25) is 0 Å². The average molecular weight is 463 g/mol. The molecule has 2 rings (SSSR count). The standard InChI is InChI=1S/C13H16F3N3O2S.HI/c14-13(15,16)22-7-4-18-12(17)19-9-2-3-10-11(8-9)21-6-1-5-20-10;/h2-3,8H,1,4-7H2,(H3,17,18,19);1H. The molecule has 0 bridgehead atoms. The first-order valence-electron chi connectivity index (χ1n) is 6.61. The highest BCUT2D eigenvalue weighted by Crippen LogP contribution is 2.32. The zero-order valence-electron chi connectivity index (χ0n) is 12.1. The number of hydrogen-bond donors (Lipinski definition) is 2. The van der Waals surface area contributed by atoms with E-state index in [9.17, 15) is 13.2 Å². The van der Waals surface area contributed by atoms with Crippen molar-refractivity contribution in [3.05, 3.63) is 18.2 Å². The first kappa shape index (κ1) is 20.0. The quantitative estimate of drug-likeness (QED) is 0.310. The van der Waals surface area contributed by atoms with Gasteiger partial charge in [0.1, 0.15) is 0 Å². The summed E-state index contributed by atoms with van der Waals surface area (Å²) in [6.45, 7) is 1.14. The van der Waals surface area contributed by atoms with E-state index in [1.54, 1.807) is 18.2 Å². The highest BCUT2D eigenvalue weighted by molar-refractivity contribution is 14.0. The van der Waals surface area contributed by atoms with E-state index in [0.717, 1.165) is 6.42 Å². The topological polar surface area (TPSA) is 68.9 Å². The van der Waals surface area contributed by atoms with Crippen LogP contribution in [0, 0.1) is 0 Å². The molecule has 0 radical (unpaired) electrons. The molecule has 1 aliphatic rings. The molecular weight excluding hydrogens is 446 g/mol. The molecule has 0 spiro atoms. The number of hydrogen-bond acceptors (Lipinski definition) is 4. The second-order valence-corrected chi connectivity index (χ2v) is 5.56. The zero-order valence-corrected chi connectivity index (χ0v) is 15.2. The van der Waals surface area contributed by atoms with Crippen LogP contribution in [0.2, 0.25) is 0 Å². The fraction of sp³-hybridized carbons (Fsp3) is 0.462. The predicted octanol–water partition coefficient (Wildman–Crippen LogP) is 3.45. The lowest BCUT2D eigenvalue weighted by atomic mass is 10.3. The maximum Gasteiger partial charge on any atom is 0.441 e. The summed E-state index contributed by atoms with van der Waals surface area (Å²) in [7, 11) is 0. The number of guanidine groups is 1. The number of aliphatic imine (C=N–C) groups is 1. The maximum absolute atomic E-state index is 12.0. The van der Waals surface area contributed by atoms with Gasteiger partial charge in [-0.2, -0.15) is 13.2 Å². The Morgan fingerprint density at radius 1 is 1.26 bits per heavy atom. The van der Waals surface area contributed by atoms with Crippen LogP contribution in [0.25, 0.3) is 0 Å². The Bertz CT molecular complexity index is 544. The summed E-state index contributed by atoms with van der Waals surface area (Å²) < 4.78 is 46.9. The first-order chi connectivity index (χ1) is 10.4. The van der Waals surface area contributed by atoms with Gasteiger partial charge in [0.25, 0.3) is 0 Å². The van der Waals surface area contributed by atoms with Gasteiger partial charge in [0.15, 0.2) is 17.5 Å². The van der Waals surface area contributed by atoms with Gasteiger partial charge in [0, 0.05) is 23.9 Å². The predicted molar refractivity (Wildman–Crippen MR) is 96.1 cm³/mol. The highest BCUT2D eigenvalue weighted by atomic mass is 127. The van der Waals surface area contributed by atoms with Crippen LogP contribution in [0.4, 0.5) is 18.9 Å². The SMILES string of the molecule is I.NC(=NCCSC(F)(F)F)Nc1ccc2c(c1)OCCCO2. The first-order valence-corrected chi connectivity index (χ1v) is 7.60. The smallest absolute Gasteiger partial charge is 0.441 e. The van der Waals surface area contributed by atoms with Crippen molar-refractivity contribution in [1.82, 2.24) is 0 Å². The molecule has 0 saturated heterocycles. The monoisotopic (exact) mass is 463 g/mol. The third-order valence-electron chi connectivity index (χ3n) is 2.66. The molecule has 130 valence electrons. The van der Waals surface area contributed by atoms with Crippen LogP contribution in [0.15, 0.2) is 23.2 Å². The molecule has 0 aromatic heterocycles. The van der Waals surface area contributed by atoms with E-state index in [2.05, 4.69) is 10.3 Å². The van der Waals surface area contributed by atoms with Gasteiger partial charge < -0.3 is 20.5 Å². The lowest BCUT2D eigenvalue weighted by Gasteiger charge is -2.10. The lowest BCUT2D eigenvalue weighted by Crippen LogP contribution is -2.23. The van der Waals surface area contributed by atoms with Crippen LogP contribution < -0.4 is 20.5 Å². The van der Waals surface area contributed by atoms with E-state index < -0.39 is 5.51 Å². The summed E-state index contributed by atoms with van der Waals surface area (Å²) in [5, 5.41) is 2.81. The molecule has 1 aromatic carbocycles. The molecule has 5 nitrogen and oxygen atoms in total. The lowest BCUT2D eigenvalue weighted by molar-refractivity contribution is -0.0327. The number of rotatable bonds is 4. The molecule has 0 amide bonds. The maximum atomic E-state index is 12.0. The number of ether oxygens (including phenoxy) is 2. The molecule has 1 aromatic rings. The minimum Gasteiger partial charge on any atom is -0.490 e. The van der Waals surface area contributed by atoms with Crippen molar-refractivity contribution in [3.63, 3.8) is 0 Å². The number of alkyl halides is 3. The molecule has 0 saturated carbocycles. The van der Waals surface area contributed by atoms with Crippen molar-refractivity contribution in [2.45, 2.75) is 11.9 Å². The molecule has 10 heteroatoms. The molecule has 3 N–H and O–H groups in total. The third kappa shape index (κ3) is 7.38. The summed E-state index contributed by atoms with van der Waals surface area (Å²) in [5.41, 5.74) is 2.03. The Hall–Kier alpha value is -1.04. The van der Waals surface area contributed by atoms with Crippen LogP contribution in [0.5, 0.6) is 11.5 Å². The van der Waals surface area contributed by atoms with Gasteiger partial charge >= 0.3 is 5.51 Å². The molecule has 1 aliphatic heterocycles. The second kappa shape index (κ2) is 9.30. The number of nitrogens with two attached hydrogens (primary N) is 1. The summed E-state index contributed by atoms with van der Waals surface area (Å²) in [5.74, 6) is 1.13. The summed E-state index contributed by atoms with van der Waals surface area (Å²) in [6.07, 6.45) is 0.803. The van der Waals surface area contributed by atoms with Crippen molar-refractivity contribution in [3.8, 4) is 11.5 Å². The molecule has 0 fully saturated rings. The van der Waals surface area contributed by atoms with Crippen molar-refractivity contribution in [2.75, 3.05) is 30.8 Å². The highest BCUT2D eigenvalue weighted by Gasteiger charge is 2.27. The van der Waals surface area contributed by atoms with Crippen LogP contribution in [0.3, 0.4) is 0 Å². The second-order valence-electron chi connectivity index (χ2n) is 4.40. The van der Waals surface area contributed by atoms with Crippen molar-refractivity contribution < 1.29 is 22.6 Å². The Kier molecular flexibility index (Phi) is 8.09. The Morgan fingerprint density at radius 2 is 1.96 bits per heavy atom. The zero-order chi connectivity index (χ0) is 16.0. The summed E-state index contributed by atoms with van der Waals surface area (Å²) >= 11 is -0.124. The largest absolute Gasteiger partial charge is 0.490 e. The van der Waals surface area contributed by atoms with E-state index >= 15 is 0 Å². The normalized spacial score (nSPS) is 14.7. The Balaban J connectivity index is 0.00000264. The van der Waals surface area contributed by atoms with E-state index in [-0.39, 0.29) is 54.0 Å². The van der Waals surface area contributed by atoms with E-state index in [0.29, 0.717) is 30.4 Å². The van der Waals surface area contributed by atoms with E-state index in [1.165, 1.54) is 0 Å². The number of nitrogens with zero attached hydrogens (tertiary/aromatic N) is 1. The fourth-order valence-electron chi connectivity index (χ4n) is 1.76. The van der Waals surface area contributed by atoms with Gasteiger partial charge in [-0.1, -0.05) is 0 Å². The van der Waals surface area contributed by atoms with Crippen molar-refractivity contribution in [1.29, 1.82) is 0 Å². The Labute approximate surface area is 153 Å². The van der Waals surface area contributed by atoms with Gasteiger partial charge in [-0.25, -0.2) is 0 Å². The number of halogens is 4. The average Bonchev–Trinajstić information content (AvgIpc) is 2.67. The van der Waals surface area contributed by atoms with E-state index in [1.807, 2.05) is 0 Å². The van der Waals surface area contributed by atoms with E-state index in [4.69, 9.17) is 15.2 Å². The van der Waals surface area contributed by atoms with Crippen LogP contribution in [0.1, 0.15) is 6.42 Å². The number of anilines is 1. The van der Waals surface area contributed by atoms with Gasteiger partial charge in [-0.3, -0.25) is 4.99 Å². The minimum absolute atomic E-state index is 0. The summed E-state index contributed by atoms with van der Waals surface area (Å²) in [6, 6.07) is 5.20. The molecule has 0 aliphatic carbocycles. The van der Waals surface area contributed by atoms with Gasteiger partial charge in [-0.05, 0) is 23.9 Å². The van der Waals surface area contributed by atoms with Gasteiger partial charge in [0.05, 0.1) is 19.8 Å².